The van der Waals surface area contributed by atoms with Gasteiger partial charge < -0.3 is 53.8 Å². The predicted molar refractivity (Wildman–Crippen MR) is 169 cm³/mol. The van der Waals surface area contributed by atoms with E-state index in [2.05, 4.69) is 5.32 Å². The Balaban J connectivity index is 1.74. The van der Waals surface area contributed by atoms with E-state index in [0.29, 0.717) is 6.42 Å². The van der Waals surface area contributed by atoms with E-state index in [0.717, 1.165) is 0 Å². The number of rotatable bonds is 6. The van der Waals surface area contributed by atoms with Gasteiger partial charge in [0.1, 0.15) is 18.3 Å². The number of nitrogens with one attached hydrogen (secondary N) is 1. The molecule has 4 aliphatic rings. The number of hydrogen-bond acceptors (Lipinski definition) is 13. The van der Waals surface area contributed by atoms with Gasteiger partial charge >= 0.3 is 5.97 Å². The Kier molecular flexibility index (Phi) is 12.9. The molecular formula is C34H59NO12. The molecule has 0 amide bonds. The fourth-order valence-corrected chi connectivity index (χ4v) is 7.69. The zero-order chi connectivity index (χ0) is 35.0. The number of esters is 1. The SMILES string of the molecule is CN[C@H]1CC(C)O[C@@H](O[C@H]2[C@H](C)[C@@H](O[C@H]3C[C@H](OC)[C@@H](O)[C@H](C)O3)[C@H](C)C(=O)O[C@@H](C)[C@@H](C)[C@@H](O)[C@H](C)C(=O)[C@@]3(CO3)C[C@H]2C)[C@@H]1O. The summed E-state index contributed by atoms with van der Waals surface area (Å²) in [7, 11) is 3.29. The van der Waals surface area contributed by atoms with Crippen molar-refractivity contribution in [1.29, 1.82) is 0 Å². The minimum Gasteiger partial charge on any atom is -0.462 e. The van der Waals surface area contributed by atoms with E-state index in [1.165, 1.54) is 7.11 Å². The van der Waals surface area contributed by atoms with Crippen LogP contribution in [0.4, 0.5) is 0 Å². The summed E-state index contributed by atoms with van der Waals surface area (Å²) in [6.07, 6.45) is -7.20. The van der Waals surface area contributed by atoms with Crippen molar-refractivity contribution in [2.75, 3.05) is 20.8 Å². The van der Waals surface area contributed by atoms with Gasteiger partial charge in [0.2, 0.25) is 0 Å². The van der Waals surface area contributed by atoms with Crippen molar-refractivity contribution in [3.8, 4) is 0 Å². The van der Waals surface area contributed by atoms with Crippen LogP contribution in [0.5, 0.6) is 0 Å². The Morgan fingerprint density at radius 2 is 1.47 bits per heavy atom. The molecule has 18 atom stereocenters. The van der Waals surface area contributed by atoms with Crippen molar-refractivity contribution >= 4 is 11.8 Å². The summed E-state index contributed by atoms with van der Waals surface area (Å²) in [5.41, 5.74) is -1.09. The molecule has 0 bridgehead atoms. The van der Waals surface area contributed by atoms with Crippen molar-refractivity contribution < 1.29 is 58.1 Å². The van der Waals surface area contributed by atoms with Crippen molar-refractivity contribution in [3.05, 3.63) is 0 Å². The number of ether oxygens (including phenoxy) is 7. The van der Waals surface area contributed by atoms with Crippen molar-refractivity contribution in [2.45, 2.75) is 154 Å². The Bertz CT molecular complexity index is 1060. The summed E-state index contributed by atoms with van der Waals surface area (Å²) in [4.78, 5) is 27.6. The number of aliphatic hydroxyl groups excluding tert-OH is 3. The van der Waals surface area contributed by atoms with Gasteiger partial charge in [-0.2, -0.15) is 0 Å². The number of hydrogen-bond donors (Lipinski definition) is 4. The fourth-order valence-electron chi connectivity index (χ4n) is 7.69. The number of carbonyl (C=O) groups is 2. The quantitative estimate of drug-likeness (QED) is 0.237. The summed E-state index contributed by atoms with van der Waals surface area (Å²) >= 11 is 0. The van der Waals surface area contributed by atoms with Crippen LogP contribution in [0.25, 0.3) is 0 Å². The number of carbonyl (C=O) groups excluding carboxylic acids is 2. The van der Waals surface area contributed by atoms with Gasteiger partial charge in [0, 0.05) is 37.3 Å². The first-order valence-corrected chi connectivity index (χ1v) is 17.3. The molecule has 47 heavy (non-hydrogen) atoms. The minimum atomic E-state index is -1.09. The Labute approximate surface area is 279 Å². The molecule has 4 aliphatic heterocycles. The smallest absolute Gasteiger partial charge is 0.311 e. The lowest BCUT2D eigenvalue weighted by atomic mass is 9.76. The van der Waals surface area contributed by atoms with Crippen LogP contribution in [0.15, 0.2) is 0 Å². The molecule has 4 rings (SSSR count). The van der Waals surface area contributed by atoms with Crippen LogP contribution >= 0.6 is 0 Å². The second kappa shape index (κ2) is 15.7. The standard InChI is InChI=1S/C34H59NO12/c1-15-13-34(14-42-34)31(39)18(4)26(36)17(3)21(7)45-32(40)20(6)30(46-25-12-24(41-10)27(37)22(8)44-25)19(5)29(15)47-33-28(38)23(35-9)11-16(2)43-33/h15-30,33,35-38H,11-14H2,1-10H3/t15-,16?,17-,18+,19+,20+,21+,22+,23+,24+,25+,26-,27+,28-,29-,30-,33+,34+/m1/s1. The molecule has 0 aromatic rings. The van der Waals surface area contributed by atoms with E-state index in [1.807, 2.05) is 20.8 Å². The first-order valence-electron chi connectivity index (χ1n) is 17.3. The van der Waals surface area contributed by atoms with E-state index in [9.17, 15) is 24.9 Å². The predicted octanol–water partition coefficient (Wildman–Crippen LogP) is 1.57. The highest BCUT2D eigenvalue weighted by Gasteiger charge is 2.57. The average Bonchev–Trinajstić information content (AvgIpc) is 3.82. The lowest BCUT2D eigenvalue weighted by molar-refractivity contribution is -0.296. The Morgan fingerprint density at radius 1 is 0.809 bits per heavy atom. The maximum absolute atomic E-state index is 13.8. The van der Waals surface area contributed by atoms with Crippen molar-refractivity contribution in [1.82, 2.24) is 5.32 Å². The lowest BCUT2D eigenvalue weighted by Crippen LogP contribution is -2.57. The molecular weight excluding hydrogens is 614 g/mol. The highest BCUT2D eigenvalue weighted by atomic mass is 16.7. The molecule has 0 saturated carbocycles. The number of aliphatic hydroxyl groups is 3. The molecule has 272 valence electrons. The monoisotopic (exact) mass is 673 g/mol. The average molecular weight is 674 g/mol. The maximum atomic E-state index is 13.8. The molecule has 4 saturated heterocycles. The van der Waals surface area contributed by atoms with Gasteiger partial charge in [0.25, 0.3) is 0 Å². The zero-order valence-electron chi connectivity index (χ0n) is 29.7. The van der Waals surface area contributed by atoms with Crippen LogP contribution in [0.3, 0.4) is 0 Å². The zero-order valence-corrected chi connectivity index (χ0v) is 29.7. The third kappa shape index (κ3) is 8.38. The molecule has 1 spiro atoms. The van der Waals surface area contributed by atoms with Gasteiger partial charge in [-0.15, -0.1) is 0 Å². The van der Waals surface area contributed by atoms with E-state index in [1.54, 1.807) is 41.7 Å². The highest BCUT2D eigenvalue weighted by molar-refractivity contribution is 5.92. The van der Waals surface area contributed by atoms with Crippen LogP contribution in [0.1, 0.15) is 74.7 Å². The Hall–Kier alpha value is -1.26. The van der Waals surface area contributed by atoms with Crippen LogP contribution in [-0.2, 0) is 42.7 Å². The van der Waals surface area contributed by atoms with Gasteiger partial charge in [-0.1, -0.05) is 27.7 Å². The molecule has 13 nitrogen and oxygen atoms in total. The van der Waals surface area contributed by atoms with Gasteiger partial charge in [-0.25, -0.2) is 0 Å². The number of likely N-dealkylation sites (N-methyl/N-ethyl adjacent to an activating group) is 1. The van der Waals surface area contributed by atoms with Crippen LogP contribution in [-0.4, -0.2) is 127 Å². The molecule has 4 N–H and O–H groups in total. The van der Waals surface area contributed by atoms with Crippen LogP contribution < -0.4 is 5.32 Å². The van der Waals surface area contributed by atoms with Gasteiger partial charge in [0.15, 0.2) is 24.0 Å². The first-order chi connectivity index (χ1) is 22.0. The van der Waals surface area contributed by atoms with Gasteiger partial charge in [-0.3, -0.25) is 9.59 Å². The molecule has 0 aliphatic carbocycles. The molecule has 13 heteroatoms. The number of ketones is 1. The van der Waals surface area contributed by atoms with E-state index >= 15 is 0 Å². The third-order valence-electron chi connectivity index (χ3n) is 11.1. The number of epoxide rings is 1. The third-order valence-corrected chi connectivity index (χ3v) is 11.1. The maximum Gasteiger partial charge on any atom is 0.311 e. The summed E-state index contributed by atoms with van der Waals surface area (Å²) < 4.78 is 42.8. The second-order valence-electron chi connectivity index (χ2n) is 14.7. The number of cyclic esters (lactones) is 1. The van der Waals surface area contributed by atoms with Gasteiger partial charge in [0.05, 0.1) is 49.1 Å². The molecule has 0 aromatic carbocycles. The first kappa shape index (κ1) is 38.5. The van der Waals surface area contributed by atoms with E-state index < -0.39 is 96.7 Å². The largest absolute Gasteiger partial charge is 0.462 e. The van der Waals surface area contributed by atoms with Crippen LogP contribution in [0.2, 0.25) is 0 Å². The normalized spacial score (nSPS) is 50.5. The second-order valence-corrected chi connectivity index (χ2v) is 14.7. The minimum absolute atomic E-state index is 0.203. The van der Waals surface area contributed by atoms with Crippen LogP contribution in [0, 0.1) is 29.6 Å². The van der Waals surface area contributed by atoms with E-state index in [4.69, 9.17) is 33.2 Å². The van der Waals surface area contributed by atoms with Crippen molar-refractivity contribution in [3.63, 3.8) is 0 Å². The number of methoxy groups -OCH3 is 1. The lowest BCUT2D eigenvalue weighted by Gasteiger charge is -2.45. The summed E-state index contributed by atoms with van der Waals surface area (Å²) in [6.45, 7) is 14.6. The van der Waals surface area contributed by atoms with E-state index in [-0.39, 0.29) is 43.3 Å². The molecule has 4 fully saturated rings. The molecule has 4 heterocycles. The summed E-state index contributed by atoms with van der Waals surface area (Å²) in [5.74, 6) is -3.74. The Morgan fingerprint density at radius 3 is 2.06 bits per heavy atom. The van der Waals surface area contributed by atoms with Gasteiger partial charge in [-0.05, 0) is 53.5 Å². The fraction of sp³-hybridized carbons (Fsp3) is 0.941. The molecule has 1 unspecified atom stereocenters. The molecule has 0 aromatic heterocycles. The summed E-state index contributed by atoms with van der Waals surface area (Å²) in [5, 5.41) is 36.2. The topological polar surface area (TPSA) is 175 Å². The highest BCUT2D eigenvalue weighted by Crippen LogP contribution is 2.43. The molecule has 0 radical (unpaired) electrons. The summed E-state index contributed by atoms with van der Waals surface area (Å²) in [6, 6.07) is -0.270. The number of Topliss-reactive ketones (excluding diaryl/α,β-unsaturated/α-hetero) is 1. The van der Waals surface area contributed by atoms with Crippen molar-refractivity contribution in [2.24, 2.45) is 29.6 Å².